The van der Waals surface area contributed by atoms with Crippen LogP contribution in [0.1, 0.15) is 12.6 Å². The molecule has 1 heterocycles. The molecule has 4 heteroatoms. The predicted octanol–water partition coefficient (Wildman–Crippen LogP) is 1.42. The van der Waals surface area contributed by atoms with Gasteiger partial charge in [-0.2, -0.15) is 0 Å². The first-order valence-electron chi connectivity index (χ1n) is 3.04. The maximum atomic E-state index is 12.3. The lowest BCUT2D eigenvalue weighted by molar-refractivity contribution is 0.319. The molecule has 0 fully saturated rings. The smallest absolute Gasteiger partial charge is 0.141 e. The summed E-state index contributed by atoms with van der Waals surface area (Å²) in [6.07, 6.45) is 1.07. The lowest BCUT2D eigenvalue weighted by Gasteiger charge is -1.94. The molecule has 11 heavy (non-hydrogen) atoms. The van der Waals surface area contributed by atoms with Gasteiger partial charge in [0.15, 0.2) is 0 Å². The van der Waals surface area contributed by atoms with E-state index in [0.29, 0.717) is 11.4 Å². The molecule has 0 aromatic carbocycles. The highest BCUT2D eigenvalue weighted by Crippen LogP contribution is 1.98. The molecule has 1 N–H and O–H groups in total. The largest absolute Gasteiger partial charge is 0.411 e. The van der Waals surface area contributed by atoms with Crippen molar-refractivity contribution < 1.29 is 9.60 Å². The van der Waals surface area contributed by atoms with Crippen LogP contribution in [0.25, 0.3) is 0 Å². The Labute approximate surface area is 63.2 Å². The van der Waals surface area contributed by atoms with Crippen molar-refractivity contribution >= 4 is 5.71 Å². The lowest BCUT2D eigenvalue weighted by Crippen LogP contribution is -1.97. The summed E-state index contributed by atoms with van der Waals surface area (Å²) >= 11 is 0. The van der Waals surface area contributed by atoms with Crippen LogP contribution in [-0.2, 0) is 0 Å². The summed E-state index contributed by atoms with van der Waals surface area (Å²) in [6.45, 7) is 1.58. The van der Waals surface area contributed by atoms with Crippen LogP contribution in [0.15, 0.2) is 23.5 Å². The van der Waals surface area contributed by atoms with E-state index in [2.05, 4.69) is 10.1 Å². The average Bonchev–Trinajstić information content (AvgIpc) is 2.05. The van der Waals surface area contributed by atoms with Crippen LogP contribution in [0.2, 0.25) is 0 Å². The third kappa shape index (κ3) is 1.73. The summed E-state index contributed by atoms with van der Waals surface area (Å²) < 4.78 is 12.3. The van der Waals surface area contributed by atoms with Gasteiger partial charge in [0.25, 0.3) is 0 Å². The molecule has 3 nitrogen and oxygen atoms in total. The molecule has 0 radical (unpaired) electrons. The van der Waals surface area contributed by atoms with Crippen LogP contribution in [-0.4, -0.2) is 15.9 Å². The Morgan fingerprint density at radius 1 is 1.64 bits per heavy atom. The first kappa shape index (κ1) is 7.65. The number of rotatable bonds is 1. The Kier molecular flexibility index (Phi) is 2.15. The molecule has 0 aliphatic carbocycles. The highest BCUT2D eigenvalue weighted by molar-refractivity contribution is 5.96. The lowest BCUT2D eigenvalue weighted by atomic mass is 10.3. The van der Waals surface area contributed by atoms with Gasteiger partial charge in [-0.15, -0.1) is 0 Å². The minimum Gasteiger partial charge on any atom is -0.411 e. The third-order valence-electron chi connectivity index (χ3n) is 1.25. The summed E-state index contributed by atoms with van der Waals surface area (Å²) in [4.78, 5) is 3.68. The van der Waals surface area contributed by atoms with E-state index in [-0.39, 0.29) is 0 Å². The van der Waals surface area contributed by atoms with Gasteiger partial charge in [0.05, 0.1) is 11.9 Å². The average molecular weight is 154 g/mol. The van der Waals surface area contributed by atoms with Gasteiger partial charge < -0.3 is 5.21 Å². The maximum Gasteiger partial charge on any atom is 0.141 e. The van der Waals surface area contributed by atoms with E-state index in [1.807, 2.05) is 0 Å². The molecule has 0 atom stereocenters. The van der Waals surface area contributed by atoms with Crippen LogP contribution in [0.5, 0.6) is 0 Å². The molecule has 0 bridgehead atoms. The van der Waals surface area contributed by atoms with Crippen molar-refractivity contribution in [3.63, 3.8) is 0 Å². The van der Waals surface area contributed by atoms with E-state index >= 15 is 0 Å². The fraction of sp³-hybridized carbons (Fsp3) is 0.143. The zero-order chi connectivity index (χ0) is 8.27. The fourth-order valence-electron chi connectivity index (χ4n) is 0.641. The number of hydrogen-bond donors (Lipinski definition) is 1. The van der Waals surface area contributed by atoms with E-state index in [0.717, 1.165) is 6.20 Å². The zero-order valence-corrected chi connectivity index (χ0v) is 5.95. The Morgan fingerprint density at radius 2 is 2.36 bits per heavy atom. The molecule has 0 unspecified atom stereocenters. The predicted molar refractivity (Wildman–Crippen MR) is 38.2 cm³/mol. The van der Waals surface area contributed by atoms with Crippen molar-refractivity contribution in [3.8, 4) is 0 Å². The van der Waals surface area contributed by atoms with E-state index < -0.39 is 5.82 Å². The molecule has 0 saturated carbocycles. The molecular weight excluding hydrogens is 147 g/mol. The van der Waals surface area contributed by atoms with Crippen LogP contribution in [0.3, 0.4) is 0 Å². The van der Waals surface area contributed by atoms with E-state index in [1.54, 1.807) is 6.92 Å². The number of aromatic nitrogens is 1. The van der Waals surface area contributed by atoms with E-state index in [4.69, 9.17) is 5.21 Å². The number of halogens is 1. The number of pyridine rings is 1. The van der Waals surface area contributed by atoms with Crippen molar-refractivity contribution in [1.29, 1.82) is 0 Å². The molecule has 0 aliphatic rings. The topological polar surface area (TPSA) is 45.5 Å². The van der Waals surface area contributed by atoms with Crippen molar-refractivity contribution in [1.82, 2.24) is 4.98 Å². The first-order chi connectivity index (χ1) is 5.24. The second-order valence-electron chi connectivity index (χ2n) is 2.05. The molecule has 0 amide bonds. The van der Waals surface area contributed by atoms with Gasteiger partial charge in [-0.25, -0.2) is 4.39 Å². The van der Waals surface area contributed by atoms with Crippen molar-refractivity contribution in [2.75, 3.05) is 0 Å². The minimum atomic E-state index is -0.403. The molecule has 0 aliphatic heterocycles. The van der Waals surface area contributed by atoms with Gasteiger partial charge in [-0.1, -0.05) is 5.16 Å². The van der Waals surface area contributed by atoms with Crippen molar-refractivity contribution in [2.45, 2.75) is 6.92 Å². The standard InChI is InChI=1S/C7H7FN2O/c1-5(10-11)7-3-2-6(8)4-9-7/h2-4,11H,1H3/b10-5+. The van der Waals surface area contributed by atoms with Crippen LogP contribution in [0.4, 0.5) is 4.39 Å². The first-order valence-corrected chi connectivity index (χ1v) is 3.04. The Morgan fingerprint density at radius 3 is 2.82 bits per heavy atom. The quantitative estimate of drug-likeness (QED) is 0.377. The zero-order valence-electron chi connectivity index (χ0n) is 5.95. The summed E-state index contributed by atoms with van der Waals surface area (Å²) in [5.41, 5.74) is 0.832. The Balaban J connectivity index is 2.99. The Hall–Kier alpha value is -1.45. The van der Waals surface area contributed by atoms with Gasteiger partial charge in [0.1, 0.15) is 11.5 Å². The van der Waals surface area contributed by atoms with Crippen LogP contribution in [0, 0.1) is 5.82 Å². The summed E-state index contributed by atoms with van der Waals surface area (Å²) in [7, 11) is 0. The number of nitrogens with zero attached hydrogens (tertiary/aromatic N) is 2. The normalized spacial score (nSPS) is 11.6. The van der Waals surface area contributed by atoms with Gasteiger partial charge in [0.2, 0.25) is 0 Å². The monoisotopic (exact) mass is 154 g/mol. The highest BCUT2D eigenvalue weighted by Gasteiger charge is 1.98. The minimum absolute atomic E-state index is 0.366. The van der Waals surface area contributed by atoms with Gasteiger partial charge in [0, 0.05) is 0 Å². The highest BCUT2D eigenvalue weighted by atomic mass is 19.1. The molecule has 1 aromatic rings. The van der Waals surface area contributed by atoms with Crippen molar-refractivity contribution in [2.24, 2.45) is 5.16 Å². The molecule has 1 aromatic heterocycles. The summed E-state index contributed by atoms with van der Waals surface area (Å²) in [5, 5.41) is 11.2. The van der Waals surface area contributed by atoms with Crippen LogP contribution < -0.4 is 0 Å². The van der Waals surface area contributed by atoms with Gasteiger partial charge >= 0.3 is 0 Å². The summed E-state index contributed by atoms with van der Waals surface area (Å²) in [6, 6.07) is 2.71. The van der Waals surface area contributed by atoms with E-state index in [9.17, 15) is 4.39 Å². The third-order valence-corrected chi connectivity index (χ3v) is 1.25. The second-order valence-corrected chi connectivity index (χ2v) is 2.05. The van der Waals surface area contributed by atoms with Gasteiger partial charge in [-0.3, -0.25) is 4.98 Å². The van der Waals surface area contributed by atoms with Gasteiger partial charge in [-0.05, 0) is 19.1 Å². The van der Waals surface area contributed by atoms with E-state index in [1.165, 1.54) is 12.1 Å². The Bertz CT molecular complexity index is 268. The van der Waals surface area contributed by atoms with Crippen molar-refractivity contribution in [3.05, 3.63) is 29.8 Å². The fourth-order valence-corrected chi connectivity index (χ4v) is 0.641. The molecule has 1 rings (SSSR count). The van der Waals surface area contributed by atoms with Crippen LogP contribution >= 0.6 is 0 Å². The molecule has 58 valence electrons. The SMILES string of the molecule is C/C(=N\O)c1ccc(F)cn1. The maximum absolute atomic E-state index is 12.3. The number of oxime groups is 1. The number of hydrogen-bond acceptors (Lipinski definition) is 3. The second kappa shape index (κ2) is 3.09. The molecule has 0 saturated heterocycles. The molecule has 0 spiro atoms. The molecular formula is C7H7FN2O. The summed E-state index contributed by atoms with van der Waals surface area (Å²) in [5.74, 6) is -0.403.